The Kier molecular flexibility index (Phi) is 6.87. The van der Waals surface area contributed by atoms with Crippen molar-refractivity contribution in [2.45, 2.75) is 25.3 Å². The lowest BCUT2D eigenvalue weighted by molar-refractivity contribution is -0.144. The van der Waals surface area contributed by atoms with E-state index in [2.05, 4.69) is 11.4 Å². The van der Waals surface area contributed by atoms with Crippen molar-refractivity contribution in [1.29, 1.82) is 5.26 Å². The fourth-order valence-corrected chi connectivity index (χ4v) is 3.52. The van der Waals surface area contributed by atoms with Crippen molar-refractivity contribution < 1.29 is 14.3 Å². The van der Waals surface area contributed by atoms with Gasteiger partial charge in [-0.05, 0) is 54.2 Å². The molecule has 3 rings (SSSR count). The molecule has 0 saturated carbocycles. The number of hydrogen-bond donors (Lipinski definition) is 1. The normalized spacial score (nSPS) is 15.5. The smallest absolute Gasteiger partial charge is 0.349 e. The van der Waals surface area contributed by atoms with Crippen molar-refractivity contribution in [1.82, 2.24) is 5.32 Å². The second-order valence-electron chi connectivity index (χ2n) is 7.44. The summed E-state index contributed by atoms with van der Waals surface area (Å²) in [5.41, 5.74) is 3.92. The van der Waals surface area contributed by atoms with Gasteiger partial charge in [-0.1, -0.05) is 36.4 Å². The molecule has 0 saturated heterocycles. The first-order valence-electron chi connectivity index (χ1n) is 9.91. The second-order valence-corrected chi connectivity index (χ2v) is 7.44. The Bertz CT molecular complexity index is 988. The molecule has 1 atom stereocenters. The number of carbonyl (C=O) groups excluding carboxylic acids is 2. The molecule has 0 radical (unpaired) electrons. The maximum absolute atomic E-state index is 12.3. The Morgan fingerprint density at radius 3 is 2.63 bits per heavy atom. The van der Waals surface area contributed by atoms with Crippen LogP contribution in [-0.2, 0) is 20.7 Å². The summed E-state index contributed by atoms with van der Waals surface area (Å²) in [5.74, 6) is -1.19. The van der Waals surface area contributed by atoms with Crippen LogP contribution in [0.15, 0.2) is 54.1 Å². The average molecular weight is 403 g/mol. The van der Waals surface area contributed by atoms with Crippen molar-refractivity contribution in [3.05, 3.63) is 70.8 Å². The van der Waals surface area contributed by atoms with Crippen molar-refractivity contribution in [2.75, 3.05) is 25.6 Å². The summed E-state index contributed by atoms with van der Waals surface area (Å²) in [6, 6.07) is 17.2. The molecule has 30 heavy (non-hydrogen) atoms. The van der Waals surface area contributed by atoms with Crippen LogP contribution in [0.25, 0.3) is 6.08 Å². The molecule has 6 nitrogen and oxygen atoms in total. The lowest BCUT2D eigenvalue weighted by atomic mass is 9.88. The summed E-state index contributed by atoms with van der Waals surface area (Å²) in [6.45, 7) is -0.421. The molecule has 2 aromatic carbocycles. The molecular formula is C24H25N3O3. The van der Waals surface area contributed by atoms with Crippen molar-refractivity contribution in [3.8, 4) is 6.07 Å². The highest BCUT2D eigenvalue weighted by Crippen LogP contribution is 2.29. The molecule has 0 unspecified atom stereocenters. The zero-order chi connectivity index (χ0) is 21.5. The van der Waals surface area contributed by atoms with Crippen LogP contribution in [0.5, 0.6) is 0 Å². The molecule has 1 aliphatic carbocycles. The number of amides is 1. The number of rotatable bonds is 6. The number of carbonyl (C=O) groups is 2. The zero-order valence-electron chi connectivity index (χ0n) is 17.2. The Balaban J connectivity index is 1.57. The highest BCUT2D eigenvalue weighted by molar-refractivity contribution is 5.98. The van der Waals surface area contributed by atoms with E-state index >= 15 is 0 Å². The number of hydrogen-bond acceptors (Lipinski definition) is 5. The van der Waals surface area contributed by atoms with Crippen molar-refractivity contribution >= 4 is 23.6 Å². The Labute approximate surface area is 176 Å². The van der Waals surface area contributed by atoms with Crippen LogP contribution in [0.3, 0.4) is 0 Å². The first-order valence-corrected chi connectivity index (χ1v) is 9.91. The van der Waals surface area contributed by atoms with Crippen molar-refractivity contribution in [3.63, 3.8) is 0 Å². The fourth-order valence-electron chi connectivity index (χ4n) is 3.52. The summed E-state index contributed by atoms with van der Waals surface area (Å²) < 4.78 is 5.07. The van der Waals surface area contributed by atoms with Crippen LogP contribution in [0.4, 0.5) is 5.69 Å². The molecule has 2 aromatic rings. The van der Waals surface area contributed by atoms with Gasteiger partial charge in [0, 0.05) is 19.8 Å². The number of benzene rings is 2. The predicted molar refractivity (Wildman–Crippen MR) is 116 cm³/mol. The SMILES string of the molecule is CN(C)c1ccc(/C=C(\C#N)C(=O)OCC(=O)N[C@@H]2CCCc3ccccc32)cc1. The molecule has 0 spiro atoms. The minimum absolute atomic E-state index is 0.0812. The highest BCUT2D eigenvalue weighted by atomic mass is 16.5. The van der Waals surface area contributed by atoms with Gasteiger partial charge in [-0.3, -0.25) is 4.79 Å². The number of ether oxygens (including phenoxy) is 1. The predicted octanol–water partition coefficient (Wildman–Crippen LogP) is 3.40. The highest BCUT2D eigenvalue weighted by Gasteiger charge is 2.22. The minimum Gasteiger partial charge on any atom is -0.451 e. The van der Waals surface area contributed by atoms with E-state index in [1.54, 1.807) is 0 Å². The number of fused-ring (bicyclic) bond motifs is 1. The Hall–Kier alpha value is -3.59. The third-order valence-corrected chi connectivity index (χ3v) is 5.10. The summed E-state index contributed by atoms with van der Waals surface area (Å²) >= 11 is 0. The second kappa shape index (κ2) is 9.75. The molecule has 1 N–H and O–H groups in total. The van der Waals surface area contributed by atoms with Crippen LogP contribution in [-0.4, -0.2) is 32.6 Å². The van der Waals surface area contributed by atoms with Crippen LogP contribution in [0.2, 0.25) is 0 Å². The van der Waals surface area contributed by atoms with E-state index in [4.69, 9.17) is 4.74 Å². The quantitative estimate of drug-likeness (QED) is 0.454. The van der Waals surface area contributed by atoms with E-state index in [0.717, 1.165) is 30.5 Å². The molecular weight excluding hydrogens is 378 g/mol. The molecule has 154 valence electrons. The zero-order valence-corrected chi connectivity index (χ0v) is 17.2. The summed E-state index contributed by atoms with van der Waals surface area (Å²) in [6.07, 6.45) is 4.30. The lowest BCUT2D eigenvalue weighted by Gasteiger charge is -2.26. The van der Waals surface area contributed by atoms with Crippen LogP contribution in [0, 0.1) is 11.3 Å². The van der Waals surface area contributed by atoms with Gasteiger partial charge >= 0.3 is 5.97 Å². The number of nitrogens with one attached hydrogen (secondary N) is 1. The first kappa shape index (κ1) is 21.1. The van der Waals surface area contributed by atoms with Gasteiger partial charge in [-0.2, -0.15) is 5.26 Å². The van der Waals surface area contributed by atoms with E-state index < -0.39 is 12.6 Å². The molecule has 0 aromatic heterocycles. The maximum atomic E-state index is 12.3. The van der Waals surface area contributed by atoms with Gasteiger partial charge in [0.15, 0.2) is 6.61 Å². The van der Waals surface area contributed by atoms with Crippen LogP contribution in [0.1, 0.15) is 35.6 Å². The van der Waals surface area contributed by atoms with E-state index in [1.165, 1.54) is 11.6 Å². The summed E-state index contributed by atoms with van der Waals surface area (Å²) in [4.78, 5) is 26.5. The topological polar surface area (TPSA) is 82.4 Å². The number of nitrogens with zero attached hydrogens (tertiary/aromatic N) is 2. The molecule has 0 heterocycles. The van der Waals surface area contributed by atoms with Crippen molar-refractivity contribution in [2.24, 2.45) is 0 Å². The molecule has 0 aliphatic heterocycles. The average Bonchev–Trinajstić information content (AvgIpc) is 2.76. The lowest BCUT2D eigenvalue weighted by Crippen LogP contribution is -2.34. The summed E-state index contributed by atoms with van der Waals surface area (Å²) in [7, 11) is 3.86. The van der Waals surface area contributed by atoms with Gasteiger partial charge in [-0.25, -0.2) is 4.79 Å². The molecule has 1 aliphatic rings. The van der Waals surface area contributed by atoms with Gasteiger partial charge < -0.3 is 15.0 Å². The molecule has 1 amide bonds. The van der Waals surface area contributed by atoms with Gasteiger partial charge in [0.05, 0.1) is 6.04 Å². The number of esters is 1. The van der Waals surface area contributed by atoms with E-state index in [-0.39, 0.29) is 17.5 Å². The number of aryl methyl sites for hydroxylation is 1. The van der Waals surface area contributed by atoms with Gasteiger partial charge in [0.1, 0.15) is 11.6 Å². The van der Waals surface area contributed by atoms with Crippen LogP contribution < -0.4 is 10.2 Å². The molecule has 6 heteroatoms. The molecule has 0 fully saturated rings. The van der Waals surface area contributed by atoms with Gasteiger partial charge in [0.25, 0.3) is 5.91 Å². The Morgan fingerprint density at radius 1 is 1.20 bits per heavy atom. The van der Waals surface area contributed by atoms with Gasteiger partial charge in [-0.15, -0.1) is 0 Å². The minimum atomic E-state index is -0.812. The maximum Gasteiger partial charge on any atom is 0.349 e. The van der Waals surface area contributed by atoms with Crippen LogP contribution >= 0.6 is 0 Å². The third-order valence-electron chi connectivity index (χ3n) is 5.10. The first-order chi connectivity index (χ1) is 14.5. The van der Waals surface area contributed by atoms with Gasteiger partial charge in [0.2, 0.25) is 0 Å². The largest absolute Gasteiger partial charge is 0.451 e. The molecule has 0 bridgehead atoms. The Morgan fingerprint density at radius 2 is 1.93 bits per heavy atom. The summed E-state index contributed by atoms with van der Waals surface area (Å²) in [5, 5.41) is 12.2. The fraction of sp³-hybridized carbons (Fsp3) is 0.292. The third kappa shape index (κ3) is 5.26. The monoisotopic (exact) mass is 403 g/mol. The van der Waals surface area contributed by atoms with E-state index in [9.17, 15) is 14.9 Å². The number of nitriles is 1. The number of anilines is 1. The van der Waals surface area contributed by atoms with E-state index in [0.29, 0.717) is 5.56 Å². The van der Waals surface area contributed by atoms with E-state index in [1.807, 2.05) is 67.5 Å². The standard InChI is InChI=1S/C24H25N3O3/c1-27(2)20-12-10-17(11-13-20)14-19(15-25)24(29)30-16-23(28)26-22-9-5-7-18-6-3-4-8-21(18)22/h3-4,6,8,10-14,22H,5,7,9,16H2,1-2H3,(H,26,28)/b19-14+/t22-/m1/s1.